The number of rotatable bonds is 3. The summed E-state index contributed by atoms with van der Waals surface area (Å²) in [5.74, 6) is 0. The fraction of sp³-hybridized carbons (Fsp3) is 0.231. The number of aryl methyl sites for hydroxylation is 1. The van der Waals surface area contributed by atoms with E-state index in [2.05, 4.69) is 48.0 Å². The first-order chi connectivity index (χ1) is 7.33. The Kier molecular flexibility index (Phi) is 3.19. The van der Waals surface area contributed by atoms with E-state index in [0.717, 1.165) is 6.54 Å². The van der Waals surface area contributed by atoms with E-state index in [0.29, 0.717) is 0 Å². The van der Waals surface area contributed by atoms with Crippen molar-refractivity contribution in [2.24, 2.45) is 0 Å². The summed E-state index contributed by atoms with van der Waals surface area (Å²) in [7, 11) is 1.99. The van der Waals surface area contributed by atoms with Gasteiger partial charge in [0.2, 0.25) is 0 Å². The standard InChI is InChI=1S/C13H15NS/c1-10-13(11-6-4-3-5-7-11)12(8-14-2)9-15-10/h3-7,9,14H,8H2,1-2H3. The monoisotopic (exact) mass is 217 g/mol. The van der Waals surface area contributed by atoms with Crippen LogP contribution in [0.5, 0.6) is 0 Å². The molecule has 0 aliphatic carbocycles. The van der Waals surface area contributed by atoms with Crippen molar-refractivity contribution in [2.75, 3.05) is 7.05 Å². The molecule has 0 unspecified atom stereocenters. The largest absolute Gasteiger partial charge is 0.316 e. The predicted molar refractivity (Wildman–Crippen MR) is 67.3 cm³/mol. The average Bonchev–Trinajstić information content (AvgIpc) is 2.62. The third-order valence-electron chi connectivity index (χ3n) is 2.48. The maximum Gasteiger partial charge on any atom is 0.0217 e. The molecular weight excluding hydrogens is 202 g/mol. The average molecular weight is 217 g/mol. The highest BCUT2D eigenvalue weighted by molar-refractivity contribution is 7.10. The van der Waals surface area contributed by atoms with Crippen LogP contribution in [0.1, 0.15) is 10.4 Å². The third-order valence-corrected chi connectivity index (χ3v) is 3.44. The van der Waals surface area contributed by atoms with E-state index in [4.69, 9.17) is 0 Å². The van der Waals surface area contributed by atoms with Crippen molar-refractivity contribution in [3.8, 4) is 11.1 Å². The Bertz CT molecular complexity index is 431. The van der Waals surface area contributed by atoms with Gasteiger partial charge in [-0.25, -0.2) is 0 Å². The van der Waals surface area contributed by atoms with Crippen LogP contribution < -0.4 is 5.32 Å². The first-order valence-electron chi connectivity index (χ1n) is 5.10. The van der Waals surface area contributed by atoms with Gasteiger partial charge in [-0.05, 0) is 36.0 Å². The van der Waals surface area contributed by atoms with Gasteiger partial charge in [-0.2, -0.15) is 0 Å². The van der Waals surface area contributed by atoms with Gasteiger partial charge in [-0.1, -0.05) is 30.3 Å². The van der Waals surface area contributed by atoms with Crippen molar-refractivity contribution in [2.45, 2.75) is 13.5 Å². The molecule has 0 atom stereocenters. The Morgan fingerprint density at radius 2 is 1.93 bits per heavy atom. The second-order valence-electron chi connectivity index (χ2n) is 3.59. The van der Waals surface area contributed by atoms with Gasteiger partial charge in [-0.15, -0.1) is 11.3 Å². The molecule has 2 rings (SSSR count). The lowest BCUT2D eigenvalue weighted by molar-refractivity contribution is 0.822. The molecule has 0 bridgehead atoms. The summed E-state index contributed by atoms with van der Waals surface area (Å²) in [5, 5.41) is 5.46. The van der Waals surface area contributed by atoms with Gasteiger partial charge in [0.25, 0.3) is 0 Å². The van der Waals surface area contributed by atoms with E-state index >= 15 is 0 Å². The molecule has 0 aliphatic rings. The predicted octanol–water partition coefficient (Wildman–Crippen LogP) is 3.44. The number of thiophene rings is 1. The van der Waals surface area contributed by atoms with Crippen molar-refractivity contribution in [3.63, 3.8) is 0 Å². The second kappa shape index (κ2) is 4.60. The van der Waals surface area contributed by atoms with Crippen LogP contribution in [0, 0.1) is 6.92 Å². The molecule has 1 heterocycles. The Morgan fingerprint density at radius 3 is 2.60 bits per heavy atom. The minimum absolute atomic E-state index is 0.939. The van der Waals surface area contributed by atoms with E-state index in [1.54, 1.807) is 0 Å². The summed E-state index contributed by atoms with van der Waals surface area (Å²) in [5.41, 5.74) is 4.11. The van der Waals surface area contributed by atoms with Crippen LogP contribution in [0.4, 0.5) is 0 Å². The second-order valence-corrected chi connectivity index (χ2v) is 4.67. The van der Waals surface area contributed by atoms with Gasteiger partial charge in [0.05, 0.1) is 0 Å². The topological polar surface area (TPSA) is 12.0 Å². The summed E-state index contributed by atoms with van der Waals surface area (Å²) < 4.78 is 0. The van der Waals surface area contributed by atoms with Crippen molar-refractivity contribution >= 4 is 11.3 Å². The molecule has 1 N–H and O–H groups in total. The zero-order valence-corrected chi connectivity index (χ0v) is 9.90. The molecule has 1 aromatic heterocycles. The molecule has 2 heteroatoms. The van der Waals surface area contributed by atoms with Gasteiger partial charge < -0.3 is 5.32 Å². The molecule has 15 heavy (non-hydrogen) atoms. The Morgan fingerprint density at radius 1 is 1.20 bits per heavy atom. The quantitative estimate of drug-likeness (QED) is 0.830. The normalized spacial score (nSPS) is 10.5. The van der Waals surface area contributed by atoms with Crippen LogP contribution >= 0.6 is 11.3 Å². The van der Waals surface area contributed by atoms with Gasteiger partial charge >= 0.3 is 0 Å². The van der Waals surface area contributed by atoms with Crippen LogP contribution in [0.25, 0.3) is 11.1 Å². The number of hydrogen-bond donors (Lipinski definition) is 1. The fourth-order valence-electron chi connectivity index (χ4n) is 1.82. The van der Waals surface area contributed by atoms with Gasteiger partial charge in [0.15, 0.2) is 0 Å². The maximum atomic E-state index is 3.21. The third kappa shape index (κ3) is 2.11. The van der Waals surface area contributed by atoms with Crippen molar-refractivity contribution in [1.29, 1.82) is 0 Å². The highest BCUT2D eigenvalue weighted by atomic mass is 32.1. The summed E-state index contributed by atoms with van der Waals surface area (Å²) in [6.45, 7) is 3.13. The minimum Gasteiger partial charge on any atom is -0.316 e. The molecule has 0 amide bonds. The van der Waals surface area contributed by atoms with Crippen LogP contribution in [0.2, 0.25) is 0 Å². The molecule has 0 saturated carbocycles. The Balaban J connectivity index is 2.47. The van der Waals surface area contributed by atoms with Gasteiger partial charge in [-0.3, -0.25) is 0 Å². The zero-order chi connectivity index (χ0) is 10.7. The van der Waals surface area contributed by atoms with Crippen LogP contribution in [0.15, 0.2) is 35.7 Å². The maximum absolute atomic E-state index is 3.21. The van der Waals surface area contributed by atoms with Crippen molar-refractivity contribution in [3.05, 3.63) is 46.2 Å². The lowest BCUT2D eigenvalue weighted by Crippen LogP contribution is -2.05. The fourth-order valence-corrected chi connectivity index (χ4v) is 2.70. The van der Waals surface area contributed by atoms with Crippen LogP contribution in [-0.2, 0) is 6.54 Å². The van der Waals surface area contributed by atoms with E-state index < -0.39 is 0 Å². The Hall–Kier alpha value is -1.12. The molecule has 0 saturated heterocycles. The molecule has 0 spiro atoms. The summed E-state index contributed by atoms with van der Waals surface area (Å²) in [4.78, 5) is 1.39. The SMILES string of the molecule is CNCc1csc(C)c1-c1ccccc1. The van der Waals surface area contributed by atoms with Gasteiger partial charge in [0.1, 0.15) is 0 Å². The lowest BCUT2D eigenvalue weighted by Gasteiger charge is -2.05. The van der Waals surface area contributed by atoms with E-state index in [9.17, 15) is 0 Å². The Labute approximate surface area is 94.8 Å². The van der Waals surface area contributed by atoms with Crippen LogP contribution in [0.3, 0.4) is 0 Å². The van der Waals surface area contributed by atoms with E-state index in [1.165, 1.54) is 21.6 Å². The smallest absolute Gasteiger partial charge is 0.0217 e. The summed E-state index contributed by atoms with van der Waals surface area (Å²) in [6.07, 6.45) is 0. The van der Waals surface area contributed by atoms with E-state index in [1.807, 2.05) is 18.4 Å². The first kappa shape index (κ1) is 10.4. The first-order valence-corrected chi connectivity index (χ1v) is 5.98. The van der Waals surface area contributed by atoms with Crippen LogP contribution in [-0.4, -0.2) is 7.05 Å². The molecule has 1 aromatic carbocycles. The number of hydrogen-bond acceptors (Lipinski definition) is 2. The number of benzene rings is 1. The van der Waals surface area contributed by atoms with Crippen molar-refractivity contribution < 1.29 is 0 Å². The highest BCUT2D eigenvalue weighted by Gasteiger charge is 2.09. The molecular formula is C13H15NS. The summed E-state index contributed by atoms with van der Waals surface area (Å²) in [6, 6.07) is 10.6. The minimum atomic E-state index is 0.939. The summed E-state index contributed by atoms with van der Waals surface area (Å²) >= 11 is 1.83. The van der Waals surface area contributed by atoms with E-state index in [-0.39, 0.29) is 0 Å². The highest BCUT2D eigenvalue weighted by Crippen LogP contribution is 2.31. The molecule has 0 fully saturated rings. The molecule has 1 nitrogen and oxygen atoms in total. The molecule has 78 valence electrons. The molecule has 0 radical (unpaired) electrons. The molecule has 2 aromatic rings. The number of nitrogens with one attached hydrogen (secondary N) is 1. The van der Waals surface area contributed by atoms with Gasteiger partial charge in [0, 0.05) is 11.4 Å². The lowest BCUT2D eigenvalue weighted by atomic mass is 10.0. The van der Waals surface area contributed by atoms with Crippen molar-refractivity contribution in [1.82, 2.24) is 5.32 Å². The zero-order valence-electron chi connectivity index (χ0n) is 9.08. The molecule has 0 aliphatic heterocycles.